The van der Waals surface area contributed by atoms with Gasteiger partial charge < -0.3 is 5.32 Å². The van der Waals surface area contributed by atoms with Crippen molar-refractivity contribution in [2.45, 2.75) is 31.7 Å². The number of hydrazine groups is 1. The molecule has 3 aromatic carbocycles. The number of nitrogens with zero attached hydrogens (tertiary/aromatic N) is 3. The predicted molar refractivity (Wildman–Crippen MR) is 137 cm³/mol. The Bertz CT molecular complexity index is 1470. The molecule has 6 rings (SSSR count). The lowest BCUT2D eigenvalue weighted by Gasteiger charge is -2.27. The summed E-state index contributed by atoms with van der Waals surface area (Å²) in [6.45, 7) is 2.01. The van der Waals surface area contributed by atoms with Crippen LogP contribution in [-0.4, -0.2) is 32.6 Å². The van der Waals surface area contributed by atoms with Gasteiger partial charge in [0.1, 0.15) is 0 Å². The molecule has 0 unspecified atom stereocenters. The van der Waals surface area contributed by atoms with Crippen molar-refractivity contribution < 1.29 is 14.4 Å². The maximum atomic E-state index is 13.9. The average molecular weight is 492 g/mol. The number of imide groups is 1. The number of amides is 4. The number of aryl methyl sites for hydroxylation is 1. The molecular formula is C29H25N5O3. The van der Waals surface area contributed by atoms with Gasteiger partial charge in [0, 0.05) is 11.3 Å². The maximum absolute atomic E-state index is 13.9. The van der Waals surface area contributed by atoms with Gasteiger partial charge in [-0.2, -0.15) is 10.1 Å². The van der Waals surface area contributed by atoms with Crippen LogP contribution < -0.4 is 10.7 Å². The molecule has 0 atom stereocenters. The molecule has 8 heteroatoms. The summed E-state index contributed by atoms with van der Waals surface area (Å²) in [6.07, 6.45) is 2.42. The van der Waals surface area contributed by atoms with E-state index in [9.17, 15) is 14.4 Å². The molecule has 1 aliphatic carbocycles. The van der Waals surface area contributed by atoms with Gasteiger partial charge in [-0.3, -0.25) is 15.0 Å². The van der Waals surface area contributed by atoms with Gasteiger partial charge in [-0.1, -0.05) is 78.4 Å². The minimum absolute atomic E-state index is 0.227. The Morgan fingerprint density at radius 1 is 0.892 bits per heavy atom. The van der Waals surface area contributed by atoms with Gasteiger partial charge in [0.25, 0.3) is 11.8 Å². The molecule has 2 aliphatic rings. The van der Waals surface area contributed by atoms with Crippen LogP contribution >= 0.6 is 0 Å². The smallest absolute Gasteiger partial charge is 0.314 e. The number of carbonyl (C=O) groups is 3. The predicted octanol–water partition coefficient (Wildman–Crippen LogP) is 3.81. The zero-order valence-electron chi connectivity index (χ0n) is 20.3. The van der Waals surface area contributed by atoms with Crippen molar-refractivity contribution >= 4 is 17.8 Å². The number of carbonyl (C=O) groups excluding carboxylic acids is 3. The fourth-order valence-electron chi connectivity index (χ4n) is 5.24. The van der Waals surface area contributed by atoms with Gasteiger partial charge in [-0.05, 0) is 49.4 Å². The third kappa shape index (κ3) is 3.60. The molecule has 8 nitrogen and oxygen atoms in total. The van der Waals surface area contributed by atoms with E-state index in [1.165, 1.54) is 0 Å². The van der Waals surface area contributed by atoms with Crippen LogP contribution in [0.4, 0.5) is 4.79 Å². The average Bonchev–Trinajstić information content (AvgIpc) is 3.60. The molecule has 1 fully saturated rings. The van der Waals surface area contributed by atoms with Crippen molar-refractivity contribution in [2.24, 2.45) is 0 Å². The largest absolute Gasteiger partial charge is 0.344 e. The van der Waals surface area contributed by atoms with Crippen LogP contribution in [0.1, 0.15) is 44.9 Å². The van der Waals surface area contributed by atoms with E-state index in [-0.39, 0.29) is 5.69 Å². The van der Waals surface area contributed by atoms with Gasteiger partial charge >= 0.3 is 6.03 Å². The lowest BCUT2D eigenvalue weighted by molar-refractivity contribution is -0.131. The van der Waals surface area contributed by atoms with Crippen LogP contribution in [0.25, 0.3) is 5.69 Å². The molecule has 4 amide bonds. The van der Waals surface area contributed by atoms with Crippen LogP contribution in [0.2, 0.25) is 0 Å². The molecule has 184 valence electrons. The van der Waals surface area contributed by atoms with Crippen molar-refractivity contribution in [3.05, 3.63) is 119 Å². The molecule has 1 aromatic heterocycles. The maximum Gasteiger partial charge on any atom is 0.344 e. The number of nitrogens with one attached hydrogen (secondary N) is 2. The first-order chi connectivity index (χ1) is 18.0. The standard InChI is InChI=1S/C29H25N5O3/c1-19-15-17-22(18-16-19)33-24-14-8-13-23(24)25(31-33)26(35)32-34-27(36)29(30-28(34)37,20-9-4-2-5-10-20)21-11-6-3-7-12-21/h2-7,9-12,15-18H,8,13-14H2,1H3,(H,30,37)(H,32,35). The lowest BCUT2D eigenvalue weighted by Crippen LogP contribution is -2.49. The summed E-state index contributed by atoms with van der Waals surface area (Å²) in [5, 5.41) is 8.23. The van der Waals surface area contributed by atoms with E-state index in [1.807, 2.05) is 67.6 Å². The van der Waals surface area contributed by atoms with Crippen LogP contribution in [0, 0.1) is 6.92 Å². The highest BCUT2D eigenvalue weighted by atomic mass is 16.2. The number of benzene rings is 3. The summed E-state index contributed by atoms with van der Waals surface area (Å²) < 4.78 is 1.79. The highest BCUT2D eigenvalue weighted by Gasteiger charge is 2.54. The van der Waals surface area contributed by atoms with E-state index in [4.69, 9.17) is 0 Å². The van der Waals surface area contributed by atoms with E-state index in [0.717, 1.165) is 40.4 Å². The highest BCUT2D eigenvalue weighted by molar-refractivity contribution is 6.11. The zero-order chi connectivity index (χ0) is 25.6. The first kappa shape index (κ1) is 22.7. The number of hydrogen-bond acceptors (Lipinski definition) is 4. The van der Waals surface area contributed by atoms with E-state index in [0.29, 0.717) is 17.5 Å². The van der Waals surface area contributed by atoms with Gasteiger partial charge in [-0.15, -0.1) is 0 Å². The summed E-state index contributed by atoms with van der Waals surface area (Å²) in [4.78, 5) is 40.5. The van der Waals surface area contributed by atoms with E-state index in [1.54, 1.807) is 28.9 Å². The zero-order valence-corrected chi connectivity index (χ0v) is 20.3. The minimum Gasteiger partial charge on any atom is -0.314 e. The highest BCUT2D eigenvalue weighted by Crippen LogP contribution is 2.35. The molecule has 0 spiro atoms. The molecule has 2 heterocycles. The van der Waals surface area contributed by atoms with Crippen LogP contribution in [0.5, 0.6) is 0 Å². The number of fused-ring (bicyclic) bond motifs is 1. The second-order valence-corrected chi connectivity index (χ2v) is 9.37. The van der Waals surface area contributed by atoms with E-state index in [2.05, 4.69) is 15.8 Å². The summed E-state index contributed by atoms with van der Waals surface area (Å²) in [5.74, 6) is -1.18. The molecule has 4 aromatic rings. The Balaban J connectivity index is 1.35. The summed E-state index contributed by atoms with van der Waals surface area (Å²) in [5.41, 5.74) is 6.34. The fraction of sp³-hybridized carbons (Fsp3) is 0.172. The Labute approximate surface area is 213 Å². The molecule has 0 radical (unpaired) electrons. The van der Waals surface area contributed by atoms with Crippen molar-refractivity contribution in [3.63, 3.8) is 0 Å². The molecule has 0 bridgehead atoms. The molecule has 37 heavy (non-hydrogen) atoms. The van der Waals surface area contributed by atoms with Crippen molar-refractivity contribution in [2.75, 3.05) is 0 Å². The van der Waals surface area contributed by atoms with Gasteiger partial charge in [0.2, 0.25) is 0 Å². The van der Waals surface area contributed by atoms with Gasteiger partial charge in [-0.25, -0.2) is 9.48 Å². The van der Waals surface area contributed by atoms with Gasteiger partial charge in [0.15, 0.2) is 11.2 Å². The monoisotopic (exact) mass is 491 g/mol. The van der Waals surface area contributed by atoms with Crippen molar-refractivity contribution in [3.8, 4) is 5.69 Å². The second-order valence-electron chi connectivity index (χ2n) is 9.37. The Morgan fingerprint density at radius 3 is 2.14 bits per heavy atom. The number of urea groups is 1. The quantitative estimate of drug-likeness (QED) is 0.415. The van der Waals surface area contributed by atoms with E-state index < -0.39 is 23.4 Å². The Hall–Kier alpha value is -4.72. The van der Waals surface area contributed by atoms with E-state index >= 15 is 0 Å². The number of aromatic nitrogens is 2. The first-order valence-electron chi connectivity index (χ1n) is 12.3. The van der Waals surface area contributed by atoms with Crippen molar-refractivity contribution in [1.29, 1.82) is 0 Å². The number of rotatable bonds is 5. The molecule has 1 aliphatic heterocycles. The lowest BCUT2D eigenvalue weighted by atomic mass is 9.83. The topological polar surface area (TPSA) is 96.3 Å². The third-order valence-corrected chi connectivity index (χ3v) is 7.07. The molecule has 1 saturated heterocycles. The van der Waals surface area contributed by atoms with Gasteiger partial charge in [0.05, 0.1) is 5.69 Å². The molecule has 0 saturated carbocycles. The van der Waals surface area contributed by atoms with Crippen molar-refractivity contribution in [1.82, 2.24) is 25.5 Å². The Kier molecular flexibility index (Phi) is 5.37. The SMILES string of the molecule is Cc1ccc(-n2nc(C(=O)NN3C(=O)NC(c4ccccc4)(c4ccccc4)C3=O)c3c2CCC3)cc1. The third-order valence-electron chi connectivity index (χ3n) is 7.07. The fourth-order valence-corrected chi connectivity index (χ4v) is 5.24. The summed E-state index contributed by atoms with van der Waals surface area (Å²) >= 11 is 0. The first-order valence-corrected chi connectivity index (χ1v) is 12.3. The summed E-state index contributed by atoms with van der Waals surface area (Å²) in [7, 11) is 0. The Morgan fingerprint density at radius 2 is 1.51 bits per heavy atom. The molecule has 2 N–H and O–H groups in total. The number of hydrogen-bond donors (Lipinski definition) is 2. The summed E-state index contributed by atoms with van der Waals surface area (Å²) in [6, 6.07) is 25.3. The molecular weight excluding hydrogens is 466 g/mol. The normalized spacial score (nSPS) is 16.0. The minimum atomic E-state index is -1.46. The van der Waals surface area contributed by atoms with Crippen LogP contribution in [0.15, 0.2) is 84.9 Å². The van der Waals surface area contributed by atoms with Crippen LogP contribution in [0.3, 0.4) is 0 Å². The second kappa shape index (κ2) is 8.74. The van der Waals surface area contributed by atoms with Crippen LogP contribution in [-0.2, 0) is 23.2 Å².